The number of rotatable bonds is 5. The summed E-state index contributed by atoms with van der Waals surface area (Å²) in [6.45, 7) is -0.163. The molecule has 0 aliphatic heterocycles. The van der Waals surface area contributed by atoms with Gasteiger partial charge < -0.3 is 32.6 Å². The third-order valence-corrected chi connectivity index (χ3v) is 2.18. The number of aromatic nitrogens is 2. The van der Waals surface area contributed by atoms with Gasteiger partial charge in [0.2, 0.25) is 0 Å². The first-order chi connectivity index (χ1) is 8.02. The van der Waals surface area contributed by atoms with Crippen LogP contribution in [0.25, 0.3) is 0 Å². The number of aliphatic hydroxyl groups is 2. The van der Waals surface area contributed by atoms with Crippen molar-refractivity contribution in [3.8, 4) is 0 Å². The van der Waals surface area contributed by atoms with Crippen molar-refractivity contribution in [3.63, 3.8) is 0 Å². The molecule has 96 valence electrons. The molecule has 17 heavy (non-hydrogen) atoms. The smallest absolute Gasteiger partial charge is 0.267 e. The van der Waals surface area contributed by atoms with Crippen LogP contribution in [0.15, 0.2) is 0 Å². The van der Waals surface area contributed by atoms with Crippen molar-refractivity contribution in [2.45, 2.75) is 0 Å². The fourth-order valence-corrected chi connectivity index (χ4v) is 1.41. The summed E-state index contributed by atoms with van der Waals surface area (Å²) in [6, 6.07) is 0. The Labute approximate surface area is 97.7 Å². The first kappa shape index (κ1) is 13.1. The van der Waals surface area contributed by atoms with Crippen LogP contribution >= 0.6 is 0 Å². The van der Waals surface area contributed by atoms with E-state index in [4.69, 9.17) is 27.4 Å². The summed E-state index contributed by atoms with van der Waals surface area (Å²) in [5.41, 5.74) is 16.4. The van der Waals surface area contributed by atoms with E-state index in [0.29, 0.717) is 4.73 Å². The summed E-state index contributed by atoms with van der Waals surface area (Å²) >= 11 is 0. The van der Waals surface area contributed by atoms with E-state index in [9.17, 15) is 5.21 Å². The second-order valence-electron chi connectivity index (χ2n) is 3.32. The van der Waals surface area contributed by atoms with Crippen molar-refractivity contribution in [2.24, 2.45) is 0 Å². The van der Waals surface area contributed by atoms with E-state index in [0.717, 1.165) is 0 Å². The molecule has 0 spiro atoms. The van der Waals surface area contributed by atoms with Gasteiger partial charge >= 0.3 is 0 Å². The lowest BCUT2D eigenvalue weighted by molar-refractivity contribution is -0.575. The van der Waals surface area contributed by atoms with Gasteiger partial charge in [-0.15, -0.1) is 0 Å². The van der Waals surface area contributed by atoms with E-state index >= 15 is 0 Å². The highest BCUT2D eigenvalue weighted by atomic mass is 16.5. The largest absolute Gasteiger partial charge is 0.740 e. The minimum absolute atomic E-state index is 0.0280. The summed E-state index contributed by atoms with van der Waals surface area (Å²) in [6.07, 6.45) is 0. The highest BCUT2D eigenvalue weighted by Crippen LogP contribution is 2.20. The van der Waals surface area contributed by atoms with Crippen LogP contribution in [0.1, 0.15) is 0 Å². The summed E-state index contributed by atoms with van der Waals surface area (Å²) in [4.78, 5) is 5.10. The maximum absolute atomic E-state index is 11.8. The zero-order valence-electron chi connectivity index (χ0n) is 9.20. The van der Waals surface area contributed by atoms with Crippen LogP contribution in [0, 0.1) is 5.21 Å². The zero-order chi connectivity index (χ0) is 13.0. The molecule has 0 bridgehead atoms. The van der Waals surface area contributed by atoms with E-state index in [1.807, 2.05) is 0 Å². The molecular formula is C8H16N6O3. The molecule has 9 nitrogen and oxygen atoms in total. The van der Waals surface area contributed by atoms with Gasteiger partial charge in [-0.3, -0.25) is 4.90 Å². The quantitative estimate of drug-likeness (QED) is 0.275. The molecule has 0 amide bonds. The predicted octanol–water partition coefficient (Wildman–Crippen LogP) is -2.75. The molecular weight excluding hydrogens is 228 g/mol. The second kappa shape index (κ2) is 5.37. The highest BCUT2D eigenvalue weighted by Gasteiger charge is 2.21. The third kappa shape index (κ3) is 2.57. The molecule has 0 saturated heterocycles. The van der Waals surface area contributed by atoms with Crippen LogP contribution < -0.4 is 26.8 Å². The number of nitrogen functional groups attached to an aromatic ring is 3. The Morgan fingerprint density at radius 1 is 1.12 bits per heavy atom. The second-order valence-corrected chi connectivity index (χ2v) is 3.32. The highest BCUT2D eigenvalue weighted by molar-refractivity contribution is 5.62. The Hall–Kier alpha value is -2.00. The molecule has 0 fully saturated rings. The normalized spacial score (nSPS) is 10.5. The van der Waals surface area contributed by atoms with Gasteiger partial charge in [0.1, 0.15) is 0 Å². The summed E-state index contributed by atoms with van der Waals surface area (Å²) in [5.74, 6) is -0.558. The van der Waals surface area contributed by atoms with Gasteiger partial charge in [-0.2, -0.15) is 0 Å². The molecule has 1 heterocycles. The maximum atomic E-state index is 11.8. The van der Waals surface area contributed by atoms with Crippen molar-refractivity contribution in [1.29, 1.82) is 0 Å². The third-order valence-electron chi connectivity index (χ3n) is 2.18. The standard InChI is InChI=1S/C8H16N6O3/c9-5-7(11)14(17)8(6(10)12-5)13(1-3-15)2-4-16/h15-16H,1-4,11H2,(H4,9,10,12). The topological polar surface area (TPSA) is 162 Å². The molecule has 8 N–H and O–H groups in total. The van der Waals surface area contributed by atoms with Crippen LogP contribution in [-0.4, -0.2) is 41.5 Å². The van der Waals surface area contributed by atoms with Crippen molar-refractivity contribution < 1.29 is 14.9 Å². The first-order valence-corrected chi connectivity index (χ1v) is 4.93. The minimum Gasteiger partial charge on any atom is -0.740 e. The van der Waals surface area contributed by atoms with E-state index in [1.54, 1.807) is 0 Å². The summed E-state index contributed by atoms with van der Waals surface area (Å²) in [7, 11) is 0. The molecule has 0 radical (unpaired) electrons. The Balaban J connectivity index is 3.22. The Morgan fingerprint density at radius 2 is 1.65 bits per heavy atom. The molecule has 0 unspecified atom stereocenters. The van der Waals surface area contributed by atoms with Crippen LogP contribution in [0.4, 0.5) is 23.3 Å². The van der Waals surface area contributed by atoms with Crippen LogP contribution in [0.3, 0.4) is 0 Å². The van der Waals surface area contributed by atoms with Crippen molar-refractivity contribution in [2.75, 3.05) is 48.4 Å². The Bertz CT molecular complexity index is 393. The Morgan fingerprint density at radius 3 is 2.12 bits per heavy atom. The summed E-state index contributed by atoms with van der Waals surface area (Å²) in [5, 5.41) is 29.5. The average molecular weight is 244 g/mol. The van der Waals surface area contributed by atoms with E-state index in [2.05, 4.69) is 4.98 Å². The van der Waals surface area contributed by atoms with Gasteiger partial charge in [0.05, 0.1) is 26.3 Å². The SMILES string of the molecule is Nc1nc(N)c(N(CCO)CCO)[n+]([O-])c1N. The molecule has 0 aliphatic carbocycles. The monoisotopic (exact) mass is 244 g/mol. The fourth-order valence-electron chi connectivity index (χ4n) is 1.41. The van der Waals surface area contributed by atoms with Gasteiger partial charge in [-0.05, 0) is 0 Å². The average Bonchev–Trinajstić information content (AvgIpc) is 2.27. The molecule has 1 aromatic rings. The molecule has 0 aromatic carbocycles. The van der Waals surface area contributed by atoms with Crippen LogP contribution in [0.2, 0.25) is 0 Å². The maximum Gasteiger partial charge on any atom is 0.267 e. The van der Waals surface area contributed by atoms with Gasteiger partial charge in [0, 0.05) is 0 Å². The lowest BCUT2D eigenvalue weighted by atomic mass is 10.4. The minimum atomic E-state index is -0.268. The molecule has 0 aliphatic rings. The van der Waals surface area contributed by atoms with E-state index in [1.165, 1.54) is 4.90 Å². The number of anilines is 4. The molecule has 0 atom stereocenters. The van der Waals surface area contributed by atoms with E-state index < -0.39 is 0 Å². The lowest BCUT2D eigenvalue weighted by Gasteiger charge is -2.24. The number of hydrogen-bond donors (Lipinski definition) is 5. The van der Waals surface area contributed by atoms with Gasteiger partial charge in [0.15, 0.2) is 11.6 Å². The fraction of sp³-hybridized carbons (Fsp3) is 0.500. The van der Waals surface area contributed by atoms with Crippen molar-refractivity contribution >= 4 is 23.3 Å². The van der Waals surface area contributed by atoms with E-state index in [-0.39, 0.29) is 49.6 Å². The van der Waals surface area contributed by atoms with Crippen LogP contribution in [-0.2, 0) is 0 Å². The summed E-state index contributed by atoms with van der Waals surface area (Å²) < 4.78 is 0.336. The van der Waals surface area contributed by atoms with Gasteiger partial charge in [0.25, 0.3) is 11.6 Å². The van der Waals surface area contributed by atoms with Crippen LogP contribution in [0.5, 0.6) is 0 Å². The number of nitrogens with zero attached hydrogens (tertiary/aromatic N) is 3. The molecule has 9 heteroatoms. The molecule has 0 saturated carbocycles. The van der Waals surface area contributed by atoms with Crippen molar-refractivity contribution in [3.05, 3.63) is 5.21 Å². The number of nitrogens with two attached hydrogens (primary N) is 3. The first-order valence-electron chi connectivity index (χ1n) is 4.93. The van der Waals surface area contributed by atoms with Gasteiger partial charge in [-0.1, -0.05) is 0 Å². The van der Waals surface area contributed by atoms with Gasteiger partial charge in [-0.25, -0.2) is 9.71 Å². The number of hydrogen-bond acceptors (Lipinski definition) is 8. The molecule has 1 rings (SSSR count). The molecule has 1 aromatic heterocycles. The zero-order valence-corrected chi connectivity index (χ0v) is 9.20. The van der Waals surface area contributed by atoms with Crippen molar-refractivity contribution in [1.82, 2.24) is 4.98 Å². The lowest BCUT2D eigenvalue weighted by Crippen LogP contribution is -2.44. The number of aliphatic hydroxyl groups excluding tert-OH is 2. The predicted molar refractivity (Wildman–Crippen MR) is 62.8 cm³/mol. The Kier molecular flexibility index (Phi) is 4.12.